The van der Waals surface area contributed by atoms with Crippen LogP contribution in [-0.2, 0) is 6.42 Å². The molecule has 0 aliphatic carbocycles. The first-order valence-corrected chi connectivity index (χ1v) is 8.94. The van der Waals surface area contributed by atoms with E-state index in [1.165, 1.54) is 42.7 Å². The third-order valence-corrected chi connectivity index (χ3v) is 4.23. The third-order valence-electron chi connectivity index (χ3n) is 3.98. The fraction of sp³-hybridized carbons (Fsp3) is 0.0952. The van der Waals surface area contributed by atoms with E-state index in [9.17, 15) is 14.0 Å². The largest absolute Gasteiger partial charge is 0.352 e. The zero-order chi connectivity index (χ0) is 19.9. The van der Waals surface area contributed by atoms with Crippen LogP contribution in [0.4, 0.5) is 10.1 Å². The van der Waals surface area contributed by atoms with Crippen molar-refractivity contribution in [2.75, 3.05) is 11.9 Å². The zero-order valence-electron chi connectivity index (χ0n) is 14.8. The highest BCUT2D eigenvalue weighted by atomic mass is 35.5. The Hall–Kier alpha value is -3.25. The van der Waals surface area contributed by atoms with Crippen LogP contribution in [0.5, 0.6) is 0 Å². The molecule has 2 amide bonds. The molecule has 0 spiro atoms. The Labute approximate surface area is 166 Å². The number of hydrogen-bond acceptors (Lipinski definition) is 3. The van der Waals surface area contributed by atoms with Gasteiger partial charge in [0, 0.05) is 29.6 Å². The molecular formula is C21H17ClFN3O2. The number of anilines is 1. The van der Waals surface area contributed by atoms with E-state index >= 15 is 0 Å². The highest BCUT2D eigenvalue weighted by Gasteiger charge is 2.11. The Morgan fingerprint density at radius 1 is 0.929 bits per heavy atom. The molecular weight excluding hydrogens is 381 g/mol. The van der Waals surface area contributed by atoms with Gasteiger partial charge in [-0.1, -0.05) is 23.7 Å². The molecule has 0 aliphatic heterocycles. The van der Waals surface area contributed by atoms with Crippen molar-refractivity contribution in [1.29, 1.82) is 0 Å². The highest BCUT2D eigenvalue weighted by Crippen LogP contribution is 2.12. The van der Waals surface area contributed by atoms with Gasteiger partial charge in [-0.05, 0) is 54.4 Å². The monoisotopic (exact) mass is 397 g/mol. The van der Waals surface area contributed by atoms with Crippen LogP contribution in [0, 0.1) is 5.82 Å². The van der Waals surface area contributed by atoms with Gasteiger partial charge in [0.15, 0.2) is 0 Å². The second kappa shape index (κ2) is 9.10. The van der Waals surface area contributed by atoms with E-state index in [-0.39, 0.29) is 17.0 Å². The minimum atomic E-state index is -0.435. The van der Waals surface area contributed by atoms with Gasteiger partial charge in [-0.3, -0.25) is 14.6 Å². The standard InChI is InChI=1S/C21H17ClFN3O2/c22-17-3-1-14(2-4-17)9-10-25-20(27)15-11-16(13-24-12-15)21(28)26-19-7-5-18(23)6-8-19/h1-8,11-13H,9-10H2,(H,25,27)(H,26,28). The first-order valence-electron chi connectivity index (χ1n) is 8.56. The van der Waals surface area contributed by atoms with Gasteiger partial charge in [0.25, 0.3) is 11.8 Å². The number of halogens is 2. The predicted octanol–water partition coefficient (Wildman–Crippen LogP) is 4.10. The van der Waals surface area contributed by atoms with Gasteiger partial charge in [0.05, 0.1) is 11.1 Å². The summed E-state index contributed by atoms with van der Waals surface area (Å²) >= 11 is 5.85. The lowest BCUT2D eigenvalue weighted by Gasteiger charge is -2.08. The van der Waals surface area contributed by atoms with Gasteiger partial charge in [0.1, 0.15) is 5.82 Å². The molecule has 0 saturated carbocycles. The minimum Gasteiger partial charge on any atom is -0.352 e. The average Bonchev–Trinajstić information content (AvgIpc) is 2.71. The molecule has 1 heterocycles. The maximum absolute atomic E-state index is 12.9. The van der Waals surface area contributed by atoms with Crippen molar-refractivity contribution in [2.24, 2.45) is 0 Å². The SMILES string of the molecule is O=C(NCCc1ccc(Cl)cc1)c1cncc(C(=O)Nc2ccc(F)cc2)c1. The molecule has 0 aliphatic rings. The van der Waals surface area contributed by atoms with E-state index in [2.05, 4.69) is 15.6 Å². The molecule has 28 heavy (non-hydrogen) atoms. The lowest BCUT2D eigenvalue weighted by molar-refractivity contribution is 0.0953. The third kappa shape index (κ3) is 5.37. The van der Waals surface area contributed by atoms with Crippen LogP contribution >= 0.6 is 11.6 Å². The molecule has 3 rings (SSSR count). The number of pyridine rings is 1. The van der Waals surface area contributed by atoms with E-state index in [0.29, 0.717) is 23.7 Å². The molecule has 0 radical (unpaired) electrons. The molecule has 3 aromatic rings. The normalized spacial score (nSPS) is 10.4. The first kappa shape index (κ1) is 19.5. The topological polar surface area (TPSA) is 71.1 Å². The Morgan fingerprint density at radius 2 is 1.57 bits per heavy atom. The number of nitrogens with zero attached hydrogens (tertiary/aromatic N) is 1. The van der Waals surface area contributed by atoms with Crippen molar-refractivity contribution in [3.8, 4) is 0 Å². The maximum atomic E-state index is 12.9. The number of rotatable bonds is 6. The van der Waals surface area contributed by atoms with Crippen molar-refractivity contribution in [3.05, 3.63) is 94.5 Å². The number of aromatic nitrogens is 1. The molecule has 142 valence electrons. The van der Waals surface area contributed by atoms with Crippen LogP contribution in [0.3, 0.4) is 0 Å². The van der Waals surface area contributed by atoms with Gasteiger partial charge in [-0.2, -0.15) is 0 Å². The van der Waals surface area contributed by atoms with E-state index < -0.39 is 11.7 Å². The molecule has 0 atom stereocenters. The predicted molar refractivity (Wildman–Crippen MR) is 106 cm³/mol. The van der Waals surface area contributed by atoms with Gasteiger partial charge in [0.2, 0.25) is 0 Å². The summed E-state index contributed by atoms with van der Waals surface area (Å²) in [5.74, 6) is -1.15. The highest BCUT2D eigenvalue weighted by molar-refractivity contribution is 6.30. The number of benzene rings is 2. The molecule has 5 nitrogen and oxygen atoms in total. The molecule has 0 saturated heterocycles. The average molecular weight is 398 g/mol. The van der Waals surface area contributed by atoms with Crippen LogP contribution in [0.15, 0.2) is 67.0 Å². The van der Waals surface area contributed by atoms with Crippen LogP contribution < -0.4 is 10.6 Å². The number of carbonyl (C=O) groups excluding carboxylic acids is 2. The van der Waals surface area contributed by atoms with E-state index in [4.69, 9.17) is 11.6 Å². The van der Waals surface area contributed by atoms with Gasteiger partial charge < -0.3 is 10.6 Å². The van der Waals surface area contributed by atoms with E-state index in [1.54, 1.807) is 12.1 Å². The van der Waals surface area contributed by atoms with Crippen LogP contribution in [0.1, 0.15) is 26.3 Å². The van der Waals surface area contributed by atoms with E-state index in [0.717, 1.165) is 5.56 Å². The Bertz CT molecular complexity index is 976. The van der Waals surface area contributed by atoms with Crippen molar-refractivity contribution in [2.45, 2.75) is 6.42 Å². The molecule has 0 unspecified atom stereocenters. The molecule has 7 heteroatoms. The molecule has 0 bridgehead atoms. The maximum Gasteiger partial charge on any atom is 0.257 e. The van der Waals surface area contributed by atoms with Crippen molar-refractivity contribution in [1.82, 2.24) is 10.3 Å². The summed E-state index contributed by atoms with van der Waals surface area (Å²) in [5, 5.41) is 6.09. The summed E-state index contributed by atoms with van der Waals surface area (Å²) in [6, 6.07) is 14.3. The number of carbonyl (C=O) groups is 2. The van der Waals surface area contributed by atoms with Gasteiger partial charge in [-0.25, -0.2) is 4.39 Å². The number of amides is 2. The second-order valence-corrected chi connectivity index (χ2v) is 6.49. The lowest BCUT2D eigenvalue weighted by atomic mass is 10.1. The summed E-state index contributed by atoms with van der Waals surface area (Å²) in [5.41, 5.74) is 2.01. The zero-order valence-corrected chi connectivity index (χ0v) is 15.5. The fourth-order valence-electron chi connectivity index (χ4n) is 2.50. The van der Waals surface area contributed by atoms with Crippen molar-refractivity contribution < 1.29 is 14.0 Å². The quantitative estimate of drug-likeness (QED) is 0.657. The summed E-state index contributed by atoms with van der Waals surface area (Å²) in [6.45, 7) is 0.437. The Kier molecular flexibility index (Phi) is 6.34. The molecule has 2 N–H and O–H groups in total. The summed E-state index contributed by atoms with van der Waals surface area (Å²) < 4.78 is 12.9. The second-order valence-electron chi connectivity index (χ2n) is 6.06. The minimum absolute atomic E-state index is 0.231. The van der Waals surface area contributed by atoms with E-state index in [1.807, 2.05) is 12.1 Å². The van der Waals surface area contributed by atoms with Crippen LogP contribution in [-0.4, -0.2) is 23.3 Å². The summed E-state index contributed by atoms with van der Waals surface area (Å²) in [7, 11) is 0. The molecule has 2 aromatic carbocycles. The van der Waals surface area contributed by atoms with Gasteiger partial charge in [-0.15, -0.1) is 0 Å². The lowest BCUT2D eigenvalue weighted by Crippen LogP contribution is -2.26. The first-order chi connectivity index (χ1) is 13.5. The molecule has 1 aromatic heterocycles. The number of nitrogens with one attached hydrogen (secondary N) is 2. The van der Waals surface area contributed by atoms with Crippen molar-refractivity contribution in [3.63, 3.8) is 0 Å². The Morgan fingerprint density at radius 3 is 2.25 bits per heavy atom. The number of hydrogen-bond donors (Lipinski definition) is 2. The van der Waals surface area contributed by atoms with Gasteiger partial charge >= 0.3 is 0 Å². The summed E-state index contributed by atoms with van der Waals surface area (Å²) in [6.07, 6.45) is 3.41. The van der Waals surface area contributed by atoms with Crippen molar-refractivity contribution >= 4 is 29.1 Å². The van der Waals surface area contributed by atoms with Crippen LogP contribution in [0.2, 0.25) is 5.02 Å². The smallest absolute Gasteiger partial charge is 0.257 e. The molecule has 0 fully saturated rings. The Balaban J connectivity index is 1.58. The van der Waals surface area contributed by atoms with Crippen LogP contribution in [0.25, 0.3) is 0 Å². The summed E-state index contributed by atoms with van der Waals surface area (Å²) in [4.78, 5) is 28.6. The fourth-order valence-corrected chi connectivity index (χ4v) is 2.62.